The molecular formula is C30H35NO8. The van der Waals surface area contributed by atoms with Crippen LogP contribution in [0.15, 0.2) is 60.2 Å². The number of carbonyl (C=O) groups is 1. The highest BCUT2D eigenvalue weighted by Gasteiger charge is 2.45. The Kier molecular flexibility index (Phi) is 8.34. The largest absolute Gasteiger partial charge is 0.508 e. The van der Waals surface area contributed by atoms with Crippen molar-refractivity contribution in [2.45, 2.75) is 62.9 Å². The van der Waals surface area contributed by atoms with Gasteiger partial charge in [0.15, 0.2) is 0 Å². The molecule has 0 unspecified atom stereocenters. The van der Waals surface area contributed by atoms with Gasteiger partial charge in [-0.3, -0.25) is 4.90 Å². The monoisotopic (exact) mass is 537 g/mol. The lowest BCUT2D eigenvalue weighted by Crippen LogP contribution is -2.60. The number of benzene rings is 2. The van der Waals surface area contributed by atoms with Crippen molar-refractivity contribution in [3.05, 3.63) is 71.3 Å². The maximum Gasteiger partial charge on any atom is 0.330 e. The fourth-order valence-electron chi connectivity index (χ4n) is 5.47. The number of hydrogen-bond acceptors (Lipinski definition) is 9. The number of phenols is 1. The summed E-state index contributed by atoms with van der Waals surface area (Å²) in [6, 6.07) is 14.5. The van der Waals surface area contributed by atoms with Gasteiger partial charge in [-0.2, -0.15) is 0 Å². The van der Waals surface area contributed by atoms with Crippen molar-refractivity contribution in [3.63, 3.8) is 0 Å². The Morgan fingerprint density at radius 3 is 2.54 bits per heavy atom. The van der Waals surface area contributed by atoms with Crippen molar-refractivity contribution < 1.29 is 39.4 Å². The first-order chi connectivity index (χ1) is 18.8. The first-order valence-corrected chi connectivity index (χ1v) is 13.3. The fourth-order valence-corrected chi connectivity index (χ4v) is 5.47. The van der Waals surface area contributed by atoms with E-state index in [0.29, 0.717) is 17.4 Å². The van der Waals surface area contributed by atoms with Gasteiger partial charge in [-0.1, -0.05) is 29.8 Å². The Labute approximate surface area is 227 Å². The first-order valence-electron chi connectivity index (χ1n) is 13.3. The molecule has 2 aromatic rings. The fraction of sp³-hybridized carbons (Fsp3) is 0.433. The molecule has 0 bridgehead atoms. The number of hydrogen-bond donors (Lipinski definition) is 4. The second kappa shape index (κ2) is 11.9. The van der Waals surface area contributed by atoms with E-state index < -0.39 is 36.7 Å². The third kappa shape index (κ3) is 6.34. The van der Waals surface area contributed by atoms with Gasteiger partial charge in [-0.25, -0.2) is 4.79 Å². The van der Waals surface area contributed by atoms with E-state index in [2.05, 4.69) is 11.8 Å². The van der Waals surface area contributed by atoms with Crippen molar-refractivity contribution in [3.8, 4) is 11.5 Å². The van der Waals surface area contributed by atoms with Crippen LogP contribution in [0, 0.1) is 0 Å². The van der Waals surface area contributed by atoms with E-state index in [-0.39, 0.29) is 12.4 Å². The maximum atomic E-state index is 12.2. The number of rotatable bonds is 7. The molecule has 0 aromatic heterocycles. The van der Waals surface area contributed by atoms with Crippen LogP contribution in [-0.2, 0) is 14.3 Å². The Morgan fingerprint density at radius 2 is 1.79 bits per heavy atom. The number of aliphatic hydroxyl groups is 3. The van der Waals surface area contributed by atoms with Crippen LogP contribution < -0.4 is 4.74 Å². The second-order valence-corrected chi connectivity index (χ2v) is 10.4. The summed E-state index contributed by atoms with van der Waals surface area (Å²) < 4.78 is 16.7. The molecule has 2 fully saturated rings. The van der Waals surface area contributed by atoms with E-state index in [4.69, 9.17) is 14.2 Å². The molecule has 208 valence electrons. The minimum absolute atomic E-state index is 0.114. The van der Waals surface area contributed by atoms with Gasteiger partial charge in [0.05, 0.1) is 0 Å². The number of carbonyl (C=O) groups excluding carboxylic acids is 1. The van der Waals surface area contributed by atoms with Crippen molar-refractivity contribution in [1.82, 2.24) is 4.90 Å². The first kappa shape index (κ1) is 27.4. The molecule has 0 amide bonds. The lowest BCUT2D eigenvalue weighted by atomic mass is 9.91. The van der Waals surface area contributed by atoms with Crippen molar-refractivity contribution in [2.24, 2.45) is 0 Å². The minimum atomic E-state index is -1.55. The van der Waals surface area contributed by atoms with Gasteiger partial charge in [0.2, 0.25) is 6.29 Å². The molecule has 9 heteroatoms. The highest BCUT2D eigenvalue weighted by molar-refractivity contribution is 5.87. The topological polar surface area (TPSA) is 129 Å². The Hall–Kier alpha value is -3.21. The third-order valence-corrected chi connectivity index (χ3v) is 7.74. The summed E-state index contributed by atoms with van der Waals surface area (Å²) in [5, 5.41) is 40.6. The number of aliphatic hydroxyl groups excluding tert-OH is 3. The predicted molar refractivity (Wildman–Crippen MR) is 144 cm³/mol. The molecule has 3 aliphatic rings. The van der Waals surface area contributed by atoms with Gasteiger partial charge in [0, 0.05) is 18.7 Å². The zero-order chi connectivity index (χ0) is 27.5. The van der Waals surface area contributed by atoms with E-state index in [9.17, 15) is 25.2 Å². The van der Waals surface area contributed by atoms with Crippen LogP contribution in [0.3, 0.4) is 0 Å². The number of ether oxygens (including phenoxy) is 3. The van der Waals surface area contributed by atoms with Crippen LogP contribution in [-0.4, -0.2) is 87.7 Å². The molecule has 0 aliphatic carbocycles. The van der Waals surface area contributed by atoms with Crippen LogP contribution >= 0.6 is 0 Å². The molecule has 39 heavy (non-hydrogen) atoms. The average Bonchev–Trinajstić information content (AvgIpc) is 3.39. The number of fused-ring (bicyclic) bond motifs is 1. The van der Waals surface area contributed by atoms with E-state index in [1.165, 1.54) is 48.3 Å². The molecule has 5 rings (SSSR count). The second-order valence-electron chi connectivity index (χ2n) is 10.4. The van der Waals surface area contributed by atoms with Crippen LogP contribution in [0.4, 0.5) is 0 Å². The van der Waals surface area contributed by atoms with Crippen LogP contribution in [0.5, 0.6) is 11.5 Å². The van der Waals surface area contributed by atoms with E-state index in [1.807, 2.05) is 12.1 Å². The summed E-state index contributed by atoms with van der Waals surface area (Å²) in [6.07, 6.45) is -0.594. The standard InChI is InChI=1S/C30H35NO8/c1-18-15-21-3-2-14-31(21)16-24(18)20-7-11-23(12-8-20)38-30-29(36)28(35)27(34)25(39-30)17-37-26(33)13-6-19-4-9-22(32)10-5-19/h4-13,21,25,27-30,32,34-36H,2-3,14-17H2,1H3/t21-,25+,27+,28+,29+,30+/m0/s1. The quantitative estimate of drug-likeness (QED) is 0.311. The molecule has 0 spiro atoms. The predicted octanol–water partition coefficient (Wildman–Crippen LogP) is 2.48. The summed E-state index contributed by atoms with van der Waals surface area (Å²) >= 11 is 0. The molecule has 2 aromatic carbocycles. The molecule has 9 nitrogen and oxygen atoms in total. The van der Waals surface area contributed by atoms with E-state index >= 15 is 0 Å². The molecule has 3 aliphatic heterocycles. The van der Waals surface area contributed by atoms with E-state index in [0.717, 1.165) is 25.1 Å². The molecule has 3 heterocycles. The highest BCUT2D eigenvalue weighted by atomic mass is 16.7. The van der Waals surface area contributed by atoms with Gasteiger partial charge in [-0.15, -0.1) is 0 Å². The van der Waals surface area contributed by atoms with Gasteiger partial charge in [-0.05, 0) is 79.8 Å². The van der Waals surface area contributed by atoms with Gasteiger partial charge in [0.25, 0.3) is 0 Å². The zero-order valence-corrected chi connectivity index (χ0v) is 21.8. The van der Waals surface area contributed by atoms with Crippen LogP contribution in [0.1, 0.15) is 37.3 Å². The average molecular weight is 538 g/mol. The van der Waals surface area contributed by atoms with Crippen LogP contribution in [0.25, 0.3) is 11.6 Å². The summed E-state index contributed by atoms with van der Waals surface area (Å²) in [5.41, 5.74) is 4.54. The Balaban J connectivity index is 1.18. The van der Waals surface area contributed by atoms with E-state index in [1.54, 1.807) is 24.3 Å². The number of aromatic hydroxyl groups is 1. The number of nitrogens with zero attached hydrogens (tertiary/aromatic N) is 1. The minimum Gasteiger partial charge on any atom is -0.508 e. The summed E-state index contributed by atoms with van der Waals surface area (Å²) in [5.74, 6) is -0.129. The normalized spacial score (nSPS) is 29.4. The summed E-state index contributed by atoms with van der Waals surface area (Å²) in [4.78, 5) is 14.7. The third-order valence-electron chi connectivity index (χ3n) is 7.74. The lowest BCUT2D eigenvalue weighted by molar-refractivity contribution is -0.278. The summed E-state index contributed by atoms with van der Waals surface area (Å²) in [7, 11) is 0. The van der Waals surface area contributed by atoms with Crippen molar-refractivity contribution >= 4 is 17.6 Å². The molecule has 2 saturated heterocycles. The molecule has 0 saturated carbocycles. The van der Waals surface area contributed by atoms with Crippen molar-refractivity contribution in [2.75, 3.05) is 19.7 Å². The Morgan fingerprint density at radius 1 is 1.05 bits per heavy atom. The lowest BCUT2D eigenvalue weighted by Gasteiger charge is -2.39. The Bertz CT molecular complexity index is 1210. The number of phenolic OH excluding ortho intramolecular Hbond substituents is 1. The summed E-state index contributed by atoms with van der Waals surface area (Å²) in [6.45, 7) is 3.92. The smallest absolute Gasteiger partial charge is 0.330 e. The highest BCUT2D eigenvalue weighted by Crippen LogP contribution is 2.35. The molecular weight excluding hydrogens is 502 g/mol. The SMILES string of the molecule is CC1=C(c2ccc(O[C@@H]3O[C@H](COC(=O)C=Cc4ccc(O)cc4)[C@@H](O)[C@@H](O)[C@H]3O)cc2)CN2CCC[C@H]2C1. The molecule has 0 radical (unpaired) electrons. The molecule has 4 N–H and O–H groups in total. The van der Waals surface area contributed by atoms with Crippen molar-refractivity contribution in [1.29, 1.82) is 0 Å². The number of esters is 1. The van der Waals surface area contributed by atoms with Gasteiger partial charge < -0.3 is 34.6 Å². The molecule has 6 atom stereocenters. The maximum absolute atomic E-state index is 12.2. The van der Waals surface area contributed by atoms with Gasteiger partial charge in [0.1, 0.15) is 42.5 Å². The van der Waals surface area contributed by atoms with Gasteiger partial charge >= 0.3 is 5.97 Å². The zero-order valence-electron chi connectivity index (χ0n) is 21.8. The van der Waals surface area contributed by atoms with Crippen LogP contribution in [0.2, 0.25) is 0 Å².